The SMILES string of the molecule is CCSc1nc2c3c(nc(Cl)c(F)c3n1)CCC1CCCCCN21. The first kappa shape index (κ1) is 16.3. The lowest BCUT2D eigenvalue weighted by atomic mass is 10.0. The van der Waals surface area contributed by atoms with Gasteiger partial charge < -0.3 is 4.90 Å². The highest BCUT2D eigenvalue weighted by Crippen LogP contribution is 2.38. The van der Waals surface area contributed by atoms with Gasteiger partial charge in [0.2, 0.25) is 0 Å². The van der Waals surface area contributed by atoms with E-state index in [0.29, 0.717) is 16.7 Å². The number of aromatic nitrogens is 3. The normalized spacial score (nSPS) is 20.6. The second kappa shape index (κ2) is 6.64. The van der Waals surface area contributed by atoms with Crippen LogP contribution in [0, 0.1) is 5.82 Å². The van der Waals surface area contributed by atoms with Gasteiger partial charge >= 0.3 is 0 Å². The lowest BCUT2D eigenvalue weighted by molar-refractivity contribution is 0.534. The van der Waals surface area contributed by atoms with Crippen LogP contribution in [-0.2, 0) is 6.42 Å². The van der Waals surface area contributed by atoms with Crippen molar-refractivity contribution < 1.29 is 4.39 Å². The molecule has 4 heterocycles. The molecule has 2 aromatic heterocycles. The van der Waals surface area contributed by atoms with Gasteiger partial charge in [-0.15, -0.1) is 0 Å². The van der Waals surface area contributed by atoms with E-state index in [0.717, 1.165) is 54.9 Å². The predicted octanol–water partition coefficient (Wildman–Crippen LogP) is 4.62. The van der Waals surface area contributed by atoms with Crippen molar-refractivity contribution in [3.05, 3.63) is 16.7 Å². The zero-order chi connectivity index (χ0) is 16.7. The fraction of sp³-hybridized carbons (Fsp3) is 0.588. The highest BCUT2D eigenvalue weighted by molar-refractivity contribution is 7.99. The molecule has 128 valence electrons. The third-order valence-electron chi connectivity index (χ3n) is 4.92. The zero-order valence-electron chi connectivity index (χ0n) is 13.7. The molecule has 24 heavy (non-hydrogen) atoms. The summed E-state index contributed by atoms with van der Waals surface area (Å²) in [6.45, 7) is 3.02. The molecule has 0 saturated carbocycles. The van der Waals surface area contributed by atoms with Crippen LogP contribution in [0.15, 0.2) is 5.16 Å². The topological polar surface area (TPSA) is 41.9 Å². The van der Waals surface area contributed by atoms with Crippen LogP contribution < -0.4 is 4.90 Å². The summed E-state index contributed by atoms with van der Waals surface area (Å²) in [4.78, 5) is 16.0. The van der Waals surface area contributed by atoms with E-state index in [4.69, 9.17) is 16.6 Å². The van der Waals surface area contributed by atoms with Gasteiger partial charge in [-0.1, -0.05) is 43.1 Å². The van der Waals surface area contributed by atoms with Gasteiger partial charge in [0, 0.05) is 12.6 Å². The zero-order valence-corrected chi connectivity index (χ0v) is 15.3. The van der Waals surface area contributed by atoms with Gasteiger partial charge in [-0.05, 0) is 31.4 Å². The average molecular weight is 367 g/mol. The minimum Gasteiger partial charge on any atom is -0.353 e. The molecule has 2 aliphatic rings. The fourth-order valence-corrected chi connectivity index (χ4v) is 4.57. The molecule has 0 N–H and O–H groups in total. The summed E-state index contributed by atoms with van der Waals surface area (Å²) in [5, 5.41) is 1.31. The van der Waals surface area contributed by atoms with Crippen LogP contribution in [0.1, 0.15) is 44.7 Å². The van der Waals surface area contributed by atoms with Crippen molar-refractivity contribution in [1.29, 1.82) is 0 Å². The molecule has 1 atom stereocenters. The Balaban J connectivity index is 1.99. The standard InChI is InChI=1S/C17H20ClFN4S/c1-2-24-17-21-14-12-11(20-15(18)13(14)19)8-7-10-6-4-3-5-9-23(10)16(12)22-17/h10H,2-9H2,1H3. The largest absolute Gasteiger partial charge is 0.353 e. The molecule has 0 bridgehead atoms. The van der Waals surface area contributed by atoms with E-state index in [-0.39, 0.29) is 5.15 Å². The van der Waals surface area contributed by atoms with Gasteiger partial charge in [-0.2, -0.15) is 0 Å². The van der Waals surface area contributed by atoms with E-state index in [1.807, 2.05) is 6.92 Å². The molecule has 2 aliphatic heterocycles. The molecule has 4 rings (SSSR count). The van der Waals surface area contributed by atoms with Gasteiger partial charge in [-0.3, -0.25) is 0 Å². The lowest BCUT2D eigenvalue weighted by Gasteiger charge is -2.30. The average Bonchev–Trinajstić information content (AvgIpc) is 2.88. The van der Waals surface area contributed by atoms with E-state index in [9.17, 15) is 4.39 Å². The number of halogens is 2. The summed E-state index contributed by atoms with van der Waals surface area (Å²) in [7, 11) is 0. The summed E-state index contributed by atoms with van der Waals surface area (Å²) in [6.07, 6.45) is 6.61. The monoisotopic (exact) mass is 366 g/mol. The van der Waals surface area contributed by atoms with Gasteiger partial charge in [0.05, 0.1) is 11.1 Å². The van der Waals surface area contributed by atoms with Crippen molar-refractivity contribution in [1.82, 2.24) is 15.0 Å². The first-order valence-electron chi connectivity index (χ1n) is 8.64. The molecule has 1 fully saturated rings. The van der Waals surface area contributed by atoms with E-state index in [1.54, 1.807) is 0 Å². The van der Waals surface area contributed by atoms with Gasteiger partial charge in [0.1, 0.15) is 11.3 Å². The molecule has 0 aromatic carbocycles. The number of rotatable bonds is 2. The van der Waals surface area contributed by atoms with Gasteiger partial charge in [0.25, 0.3) is 0 Å². The van der Waals surface area contributed by atoms with Crippen LogP contribution in [-0.4, -0.2) is 33.3 Å². The minimum absolute atomic E-state index is 0.0771. The molecule has 0 aliphatic carbocycles. The van der Waals surface area contributed by atoms with Crippen LogP contribution in [0.3, 0.4) is 0 Å². The second-order valence-electron chi connectivity index (χ2n) is 6.38. The Labute approximate surface area is 150 Å². The maximum Gasteiger partial charge on any atom is 0.190 e. The number of thioether (sulfide) groups is 1. The number of pyridine rings is 1. The molecule has 0 amide bonds. The highest BCUT2D eigenvalue weighted by atomic mass is 35.5. The van der Waals surface area contributed by atoms with Gasteiger partial charge in [0.15, 0.2) is 16.1 Å². The number of hydrogen-bond donors (Lipinski definition) is 0. The summed E-state index contributed by atoms with van der Waals surface area (Å²) < 4.78 is 14.7. The van der Waals surface area contributed by atoms with E-state index >= 15 is 0 Å². The molecule has 2 aromatic rings. The molecule has 4 nitrogen and oxygen atoms in total. The van der Waals surface area contributed by atoms with Crippen LogP contribution in [0.2, 0.25) is 5.15 Å². The molecule has 7 heteroatoms. The van der Waals surface area contributed by atoms with Crippen molar-refractivity contribution in [3.63, 3.8) is 0 Å². The number of nitrogens with zero attached hydrogens (tertiary/aromatic N) is 4. The summed E-state index contributed by atoms with van der Waals surface area (Å²) in [5.41, 5.74) is 1.17. The van der Waals surface area contributed by atoms with Crippen molar-refractivity contribution in [2.75, 3.05) is 17.2 Å². The Hall–Kier alpha value is -1.14. The Morgan fingerprint density at radius 1 is 1.21 bits per heavy atom. The fourth-order valence-electron chi connectivity index (χ4n) is 3.82. The first-order valence-corrected chi connectivity index (χ1v) is 10.0. The summed E-state index contributed by atoms with van der Waals surface area (Å²) >= 11 is 7.58. The number of hydrogen-bond acceptors (Lipinski definition) is 5. The number of anilines is 1. The van der Waals surface area contributed by atoms with Crippen molar-refractivity contribution in [3.8, 4) is 0 Å². The first-order chi connectivity index (χ1) is 11.7. The Morgan fingerprint density at radius 2 is 2.08 bits per heavy atom. The maximum atomic E-state index is 14.7. The molecule has 1 unspecified atom stereocenters. The Morgan fingerprint density at radius 3 is 2.92 bits per heavy atom. The quantitative estimate of drug-likeness (QED) is 0.440. The van der Waals surface area contributed by atoms with Crippen molar-refractivity contribution >= 4 is 40.1 Å². The molecule has 1 saturated heterocycles. The number of fused-ring (bicyclic) bond motifs is 2. The lowest BCUT2D eigenvalue weighted by Crippen LogP contribution is -2.35. The third kappa shape index (κ3) is 2.73. The van der Waals surface area contributed by atoms with Crippen LogP contribution in [0.25, 0.3) is 10.9 Å². The maximum absolute atomic E-state index is 14.7. The smallest absolute Gasteiger partial charge is 0.190 e. The summed E-state index contributed by atoms with van der Waals surface area (Å²) in [6, 6.07) is 0.445. The second-order valence-corrected chi connectivity index (χ2v) is 7.97. The third-order valence-corrected chi connectivity index (χ3v) is 5.90. The van der Waals surface area contributed by atoms with Crippen LogP contribution in [0.4, 0.5) is 10.2 Å². The Kier molecular flexibility index (Phi) is 4.52. The highest BCUT2D eigenvalue weighted by Gasteiger charge is 2.31. The minimum atomic E-state index is -0.523. The Bertz CT molecular complexity index is 785. The van der Waals surface area contributed by atoms with Crippen LogP contribution >= 0.6 is 23.4 Å². The number of aryl methyl sites for hydroxylation is 1. The van der Waals surface area contributed by atoms with Crippen molar-refractivity contribution in [2.45, 2.75) is 56.6 Å². The molecular weight excluding hydrogens is 347 g/mol. The molecule has 0 spiro atoms. The summed E-state index contributed by atoms with van der Waals surface area (Å²) in [5.74, 6) is 1.19. The van der Waals surface area contributed by atoms with E-state index in [2.05, 4.69) is 14.9 Å². The van der Waals surface area contributed by atoms with Crippen LogP contribution in [0.5, 0.6) is 0 Å². The molecular formula is C17H20ClFN4S. The molecule has 0 radical (unpaired) electrons. The van der Waals surface area contributed by atoms with E-state index in [1.165, 1.54) is 24.6 Å². The predicted molar refractivity (Wildman–Crippen MR) is 96.6 cm³/mol. The van der Waals surface area contributed by atoms with Gasteiger partial charge in [-0.25, -0.2) is 19.3 Å². The van der Waals surface area contributed by atoms with E-state index < -0.39 is 5.82 Å². The van der Waals surface area contributed by atoms with Crippen molar-refractivity contribution in [2.24, 2.45) is 0 Å².